The lowest BCUT2D eigenvalue weighted by molar-refractivity contribution is -0.384. The third kappa shape index (κ3) is 3.92. The van der Waals surface area contributed by atoms with Crippen LogP contribution in [0.25, 0.3) is 6.08 Å². The molecule has 2 amide bonds. The lowest BCUT2D eigenvalue weighted by Gasteiger charge is -2.12. The van der Waals surface area contributed by atoms with Gasteiger partial charge < -0.3 is 4.42 Å². The smallest absolute Gasteiger partial charge is 0.293 e. The minimum atomic E-state index is -0.499. The molecule has 26 heavy (non-hydrogen) atoms. The number of benzene rings is 1. The Kier molecular flexibility index (Phi) is 5.04. The van der Waals surface area contributed by atoms with Crippen LogP contribution in [0.2, 0.25) is 0 Å². The number of hydrogen-bond donors (Lipinski definition) is 0. The molecule has 132 valence electrons. The number of thioether (sulfide) groups is 1. The zero-order valence-electron chi connectivity index (χ0n) is 13.7. The summed E-state index contributed by atoms with van der Waals surface area (Å²) >= 11 is 0.869. The molecule has 0 bridgehead atoms. The Balaban J connectivity index is 1.74. The highest BCUT2D eigenvalue weighted by Crippen LogP contribution is 2.33. The monoisotopic (exact) mass is 370 g/mol. The summed E-state index contributed by atoms with van der Waals surface area (Å²) in [5.74, 6) is 0.273. The number of carbonyl (C=O) groups excluding carboxylic acids is 2. The fraction of sp³-hybridized carbons (Fsp3) is 0.111. The Morgan fingerprint density at radius 1 is 1.27 bits per heavy atom. The second-order valence-electron chi connectivity index (χ2n) is 5.60. The molecule has 1 aliphatic rings. The van der Waals surface area contributed by atoms with E-state index in [1.165, 1.54) is 24.3 Å². The molecule has 0 aliphatic carbocycles. The fourth-order valence-corrected chi connectivity index (χ4v) is 3.28. The van der Waals surface area contributed by atoms with Crippen molar-refractivity contribution in [3.8, 4) is 0 Å². The molecule has 2 aromatic rings. The van der Waals surface area contributed by atoms with Crippen molar-refractivity contribution in [2.24, 2.45) is 0 Å². The molecule has 0 spiro atoms. The lowest BCUT2D eigenvalue weighted by atomic mass is 10.2. The minimum absolute atomic E-state index is 0.0403. The summed E-state index contributed by atoms with van der Waals surface area (Å²) in [7, 11) is 0. The van der Waals surface area contributed by atoms with Gasteiger partial charge in [-0.15, -0.1) is 0 Å². The number of non-ortho nitro benzene ring substituents is 1. The second-order valence-corrected chi connectivity index (χ2v) is 6.59. The first-order valence-corrected chi connectivity index (χ1v) is 8.46. The molecule has 0 unspecified atom stereocenters. The van der Waals surface area contributed by atoms with Crippen molar-refractivity contribution in [1.29, 1.82) is 0 Å². The summed E-state index contributed by atoms with van der Waals surface area (Å²) in [6.45, 7) is 1.88. The molecule has 0 saturated carbocycles. The van der Waals surface area contributed by atoms with E-state index in [-0.39, 0.29) is 23.4 Å². The van der Waals surface area contributed by atoms with Crippen molar-refractivity contribution in [1.82, 2.24) is 4.90 Å². The van der Waals surface area contributed by atoms with Gasteiger partial charge in [-0.25, -0.2) is 0 Å². The van der Waals surface area contributed by atoms with Gasteiger partial charge in [0.2, 0.25) is 0 Å². The van der Waals surface area contributed by atoms with Crippen molar-refractivity contribution < 1.29 is 18.9 Å². The van der Waals surface area contributed by atoms with Crippen LogP contribution in [0.3, 0.4) is 0 Å². The van der Waals surface area contributed by atoms with Gasteiger partial charge in [0.05, 0.1) is 22.6 Å². The molecule has 1 aliphatic heterocycles. The first-order valence-electron chi connectivity index (χ1n) is 7.64. The number of nitro groups is 1. The van der Waals surface area contributed by atoms with Crippen molar-refractivity contribution in [3.63, 3.8) is 0 Å². The highest BCUT2D eigenvalue weighted by Gasteiger charge is 2.35. The van der Waals surface area contributed by atoms with E-state index in [4.69, 9.17) is 4.42 Å². The summed E-state index contributed by atoms with van der Waals surface area (Å²) in [4.78, 5) is 36.3. The first kappa shape index (κ1) is 17.7. The first-order chi connectivity index (χ1) is 12.4. The topological polar surface area (TPSA) is 93.7 Å². The minimum Gasteiger partial charge on any atom is -0.465 e. The number of hydrogen-bond acceptors (Lipinski definition) is 6. The second kappa shape index (κ2) is 7.40. The van der Waals surface area contributed by atoms with E-state index in [9.17, 15) is 19.7 Å². The maximum atomic E-state index is 12.5. The van der Waals surface area contributed by atoms with Gasteiger partial charge in [0.1, 0.15) is 5.76 Å². The average Bonchev–Trinajstić information content (AvgIpc) is 3.19. The summed E-state index contributed by atoms with van der Waals surface area (Å²) in [5.41, 5.74) is 1.38. The number of rotatable bonds is 5. The van der Waals surface area contributed by atoms with Crippen molar-refractivity contribution in [2.45, 2.75) is 13.5 Å². The average molecular weight is 370 g/mol. The van der Waals surface area contributed by atoms with Crippen LogP contribution >= 0.6 is 11.8 Å². The maximum absolute atomic E-state index is 12.5. The van der Waals surface area contributed by atoms with E-state index in [2.05, 4.69) is 0 Å². The van der Waals surface area contributed by atoms with E-state index < -0.39 is 4.92 Å². The highest BCUT2D eigenvalue weighted by molar-refractivity contribution is 8.18. The molecule has 1 fully saturated rings. The Bertz CT molecular complexity index is 914. The quantitative estimate of drug-likeness (QED) is 0.441. The molecular weight excluding hydrogens is 356 g/mol. The van der Waals surface area contributed by atoms with Gasteiger partial charge in [-0.2, -0.15) is 0 Å². The van der Waals surface area contributed by atoms with Crippen molar-refractivity contribution in [3.05, 3.63) is 80.7 Å². The molecule has 1 aromatic carbocycles. The van der Waals surface area contributed by atoms with Crippen molar-refractivity contribution >= 4 is 34.7 Å². The molecule has 8 heteroatoms. The van der Waals surface area contributed by atoms with E-state index in [0.29, 0.717) is 16.2 Å². The number of amides is 2. The molecule has 0 radical (unpaired) electrons. The van der Waals surface area contributed by atoms with E-state index in [0.717, 1.165) is 22.2 Å². The van der Waals surface area contributed by atoms with Gasteiger partial charge in [0.25, 0.3) is 16.8 Å². The molecule has 7 nitrogen and oxygen atoms in total. The predicted octanol–water partition coefficient (Wildman–Crippen LogP) is 4.37. The molecule has 1 saturated heterocycles. The van der Waals surface area contributed by atoms with Gasteiger partial charge in [0.15, 0.2) is 0 Å². The standard InChI is InChI=1S/C18H14N2O5S/c1-12(9-15-3-2-8-25-15)10-16-17(21)19(18(22)26-16)11-13-4-6-14(7-5-13)20(23)24/h2-10H,11H2,1H3/b12-9+,16-10-. The van der Waals surface area contributed by atoms with E-state index in [1.807, 2.05) is 6.92 Å². The van der Waals surface area contributed by atoms with Gasteiger partial charge in [-0.1, -0.05) is 12.1 Å². The lowest BCUT2D eigenvalue weighted by Crippen LogP contribution is -2.27. The third-order valence-corrected chi connectivity index (χ3v) is 4.54. The molecule has 0 atom stereocenters. The van der Waals surface area contributed by atoms with Crippen LogP contribution in [0.1, 0.15) is 18.2 Å². The summed E-state index contributed by atoms with van der Waals surface area (Å²) in [5, 5.41) is 10.3. The summed E-state index contributed by atoms with van der Waals surface area (Å²) < 4.78 is 5.22. The zero-order valence-corrected chi connectivity index (χ0v) is 14.6. The Hall–Kier alpha value is -3.13. The van der Waals surface area contributed by atoms with Crippen LogP contribution in [-0.4, -0.2) is 21.0 Å². The van der Waals surface area contributed by atoms with Crippen LogP contribution < -0.4 is 0 Å². The largest absolute Gasteiger partial charge is 0.465 e. The van der Waals surface area contributed by atoms with Gasteiger partial charge in [0, 0.05) is 12.1 Å². The molecule has 0 N–H and O–H groups in total. The Labute approximate surface area is 153 Å². The SMILES string of the molecule is CC(/C=C1\SC(=O)N(Cc2ccc([N+](=O)[O-])cc2)C1=O)=C\c1ccco1. The number of carbonyl (C=O) groups is 2. The Morgan fingerprint density at radius 2 is 2.00 bits per heavy atom. The normalized spacial score (nSPS) is 16.6. The number of nitro benzene ring substituents is 1. The number of nitrogens with zero attached hydrogens (tertiary/aromatic N) is 2. The van der Waals surface area contributed by atoms with Crippen molar-refractivity contribution in [2.75, 3.05) is 0 Å². The van der Waals surface area contributed by atoms with Crippen LogP contribution in [0, 0.1) is 10.1 Å². The van der Waals surface area contributed by atoms with Crippen LogP contribution in [-0.2, 0) is 11.3 Å². The van der Waals surface area contributed by atoms with Crippen LogP contribution in [0.4, 0.5) is 10.5 Å². The van der Waals surface area contributed by atoms with Crippen LogP contribution in [0.15, 0.2) is 63.6 Å². The van der Waals surface area contributed by atoms with E-state index >= 15 is 0 Å². The number of imide groups is 1. The number of allylic oxidation sites excluding steroid dienone is 2. The zero-order chi connectivity index (χ0) is 18.7. The van der Waals surface area contributed by atoms with Gasteiger partial charge in [-0.05, 0) is 54.1 Å². The maximum Gasteiger partial charge on any atom is 0.293 e. The molecular formula is C18H14N2O5S. The van der Waals surface area contributed by atoms with Gasteiger partial charge >= 0.3 is 0 Å². The predicted molar refractivity (Wildman–Crippen MR) is 97.1 cm³/mol. The third-order valence-electron chi connectivity index (χ3n) is 3.63. The summed E-state index contributed by atoms with van der Waals surface area (Å²) in [6, 6.07) is 9.32. The highest BCUT2D eigenvalue weighted by atomic mass is 32.2. The fourth-order valence-electron chi connectivity index (χ4n) is 2.39. The molecule has 2 heterocycles. The summed E-state index contributed by atoms with van der Waals surface area (Å²) in [6.07, 6.45) is 4.96. The Morgan fingerprint density at radius 3 is 2.62 bits per heavy atom. The van der Waals surface area contributed by atoms with E-state index in [1.54, 1.807) is 30.5 Å². The van der Waals surface area contributed by atoms with Gasteiger partial charge in [-0.3, -0.25) is 24.6 Å². The molecule has 3 rings (SSSR count). The van der Waals surface area contributed by atoms with Crippen LogP contribution in [0.5, 0.6) is 0 Å². The number of furan rings is 1. The molecule has 1 aromatic heterocycles.